The molecule has 0 radical (unpaired) electrons. The quantitative estimate of drug-likeness (QED) is 0.874. The summed E-state index contributed by atoms with van der Waals surface area (Å²) >= 11 is 2.06. The van der Waals surface area contributed by atoms with Crippen LogP contribution in [0.1, 0.15) is 17.5 Å². The van der Waals surface area contributed by atoms with E-state index in [1.165, 1.54) is 34.7 Å². The van der Waals surface area contributed by atoms with Gasteiger partial charge in [0.25, 0.3) is 0 Å². The summed E-state index contributed by atoms with van der Waals surface area (Å²) in [7, 11) is 2.20. The zero-order valence-electron chi connectivity index (χ0n) is 10.1. The first-order valence-electron chi connectivity index (χ1n) is 5.82. The van der Waals surface area contributed by atoms with Crippen LogP contribution >= 0.6 is 11.8 Å². The van der Waals surface area contributed by atoms with Crippen LogP contribution in [-0.4, -0.2) is 24.6 Å². The van der Waals surface area contributed by atoms with Crippen LogP contribution in [0.5, 0.6) is 0 Å². The Kier molecular flexibility index (Phi) is 3.77. The van der Waals surface area contributed by atoms with Gasteiger partial charge in [-0.25, -0.2) is 0 Å². The fourth-order valence-corrected chi connectivity index (χ4v) is 3.43. The number of rotatable bonds is 3. The predicted molar refractivity (Wildman–Crippen MR) is 73.2 cm³/mol. The van der Waals surface area contributed by atoms with E-state index in [2.05, 4.69) is 48.8 Å². The van der Waals surface area contributed by atoms with Gasteiger partial charge in [-0.2, -0.15) is 11.8 Å². The second-order valence-electron chi connectivity index (χ2n) is 4.44. The monoisotopic (exact) mass is 236 g/mol. The highest BCUT2D eigenvalue weighted by Gasteiger charge is 2.20. The van der Waals surface area contributed by atoms with Gasteiger partial charge in [0.2, 0.25) is 0 Å². The Balaban J connectivity index is 2.16. The van der Waals surface area contributed by atoms with Crippen molar-refractivity contribution in [1.82, 2.24) is 0 Å². The van der Waals surface area contributed by atoms with Crippen LogP contribution in [0.25, 0.3) is 0 Å². The first kappa shape index (κ1) is 11.8. The molecule has 1 aromatic rings. The van der Waals surface area contributed by atoms with Crippen molar-refractivity contribution in [3.05, 3.63) is 29.3 Å². The SMILES string of the molecule is Cc1cc(N(C)C2CCSC2)ccc1CN. The van der Waals surface area contributed by atoms with Crippen LogP contribution in [0.2, 0.25) is 0 Å². The van der Waals surface area contributed by atoms with Gasteiger partial charge in [-0.15, -0.1) is 0 Å². The Morgan fingerprint density at radius 2 is 2.31 bits per heavy atom. The lowest BCUT2D eigenvalue weighted by atomic mass is 10.1. The van der Waals surface area contributed by atoms with E-state index < -0.39 is 0 Å². The van der Waals surface area contributed by atoms with E-state index >= 15 is 0 Å². The molecule has 1 aliphatic rings. The highest BCUT2D eigenvalue weighted by atomic mass is 32.2. The molecule has 0 bridgehead atoms. The van der Waals surface area contributed by atoms with Crippen LogP contribution in [0.3, 0.4) is 0 Å². The minimum Gasteiger partial charge on any atom is -0.371 e. The van der Waals surface area contributed by atoms with E-state index in [4.69, 9.17) is 5.73 Å². The van der Waals surface area contributed by atoms with Crippen LogP contribution in [0, 0.1) is 6.92 Å². The van der Waals surface area contributed by atoms with Gasteiger partial charge in [-0.1, -0.05) is 6.07 Å². The number of benzene rings is 1. The molecule has 2 N–H and O–H groups in total. The maximum Gasteiger partial charge on any atom is 0.0385 e. The maximum atomic E-state index is 5.68. The van der Waals surface area contributed by atoms with Gasteiger partial charge in [0.1, 0.15) is 0 Å². The molecule has 2 nitrogen and oxygen atoms in total. The molecule has 0 spiro atoms. The van der Waals surface area contributed by atoms with Crippen LogP contribution in [0.15, 0.2) is 18.2 Å². The molecule has 0 saturated carbocycles. The fraction of sp³-hybridized carbons (Fsp3) is 0.538. The largest absolute Gasteiger partial charge is 0.371 e. The minimum atomic E-state index is 0.634. The Hall–Kier alpha value is -0.670. The van der Waals surface area contributed by atoms with Gasteiger partial charge in [0, 0.05) is 31.1 Å². The summed E-state index contributed by atoms with van der Waals surface area (Å²) in [6.45, 7) is 2.78. The van der Waals surface area contributed by atoms with Crippen molar-refractivity contribution in [3.8, 4) is 0 Å². The predicted octanol–water partition coefficient (Wildman–Crippen LogP) is 2.40. The third kappa shape index (κ3) is 2.36. The maximum absolute atomic E-state index is 5.68. The number of nitrogens with two attached hydrogens (primary N) is 1. The Bertz CT molecular complexity index is 359. The molecule has 0 amide bonds. The van der Waals surface area contributed by atoms with Crippen molar-refractivity contribution < 1.29 is 0 Å². The average molecular weight is 236 g/mol. The van der Waals surface area contributed by atoms with E-state index in [-0.39, 0.29) is 0 Å². The van der Waals surface area contributed by atoms with E-state index in [1.54, 1.807) is 0 Å². The van der Waals surface area contributed by atoms with E-state index in [0.29, 0.717) is 12.6 Å². The van der Waals surface area contributed by atoms with E-state index in [9.17, 15) is 0 Å². The summed E-state index contributed by atoms with van der Waals surface area (Å²) < 4.78 is 0. The molecule has 0 aliphatic carbocycles. The highest BCUT2D eigenvalue weighted by molar-refractivity contribution is 7.99. The standard InChI is InChI=1S/C13H20N2S/c1-10-7-12(4-3-11(10)8-14)15(2)13-5-6-16-9-13/h3-4,7,13H,5-6,8-9,14H2,1-2H3. The Morgan fingerprint density at radius 3 is 2.88 bits per heavy atom. The minimum absolute atomic E-state index is 0.634. The summed E-state index contributed by atoms with van der Waals surface area (Å²) in [5, 5.41) is 0. The smallest absolute Gasteiger partial charge is 0.0385 e. The fourth-order valence-electron chi connectivity index (χ4n) is 2.17. The van der Waals surface area contributed by atoms with Crippen LogP contribution in [0.4, 0.5) is 5.69 Å². The average Bonchev–Trinajstić information content (AvgIpc) is 2.81. The summed E-state index contributed by atoms with van der Waals surface area (Å²) in [5.41, 5.74) is 9.55. The van der Waals surface area contributed by atoms with E-state index in [1.807, 2.05) is 0 Å². The van der Waals surface area contributed by atoms with Gasteiger partial charge >= 0.3 is 0 Å². The molecular weight excluding hydrogens is 216 g/mol. The normalized spacial score (nSPS) is 20.1. The summed E-state index contributed by atoms with van der Waals surface area (Å²) in [6, 6.07) is 7.31. The zero-order valence-corrected chi connectivity index (χ0v) is 10.9. The second kappa shape index (κ2) is 5.11. The number of anilines is 1. The third-order valence-electron chi connectivity index (χ3n) is 3.41. The molecular formula is C13H20N2S. The number of thioether (sulfide) groups is 1. The van der Waals surface area contributed by atoms with Crippen molar-refractivity contribution in [2.75, 3.05) is 23.5 Å². The molecule has 1 fully saturated rings. The van der Waals surface area contributed by atoms with Crippen LogP contribution < -0.4 is 10.6 Å². The number of hydrogen-bond donors (Lipinski definition) is 1. The molecule has 1 saturated heterocycles. The number of aryl methyl sites for hydroxylation is 1. The topological polar surface area (TPSA) is 29.3 Å². The van der Waals surface area contributed by atoms with Gasteiger partial charge in [0.05, 0.1) is 0 Å². The molecule has 1 aliphatic heterocycles. The Morgan fingerprint density at radius 1 is 1.50 bits per heavy atom. The van der Waals surface area contributed by atoms with Crippen LogP contribution in [-0.2, 0) is 6.54 Å². The van der Waals surface area contributed by atoms with Crippen molar-refractivity contribution in [3.63, 3.8) is 0 Å². The van der Waals surface area contributed by atoms with Gasteiger partial charge < -0.3 is 10.6 Å². The van der Waals surface area contributed by atoms with Crippen molar-refractivity contribution in [2.45, 2.75) is 25.9 Å². The number of nitrogens with zero attached hydrogens (tertiary/aromatic N) is 1. The first-order chi connectivity index (χ1) is 7.72. The molecule has 1 heterocycles. The Labute approximate surface area is 102 Å². The lowest BCUT2D eigenvalue weighted by Gasteiger charge is -2.26. The molecule has 1 unspecified atom stereocenters. The van der Waals surface area contributed by atoms with Gasteiger partial charge in [0.15, 0.2) is 0 Å². The highest BCUT2D eigenvalue weighted by Crippen LogP contribution is 2.27. The van der Waals surface area contributed by atoms with Gasteiger partial charge in [-0.05, 0) is 42.4 Å². The van der Waals surface area contributed by atoms with E-state index in [0.717, 1.165) is 0 Å². The van der Waals surface area contributed by atoms with Crippen molar-refractivity contribution in [1.29, 1.82) is 0 Å². The lowest BCUT2D eigenvalue weighted by Crippen LogP contribution is -2.31. The third-order valence-corrected chi connectivity index (χ3v) is 4.55. The molecule has 16 heavy (non-hydrogen) atoms. The molecule has 1 atom stereocenters. The molecule has 2 rings (SSSR count). The first-order valence-corrected chi connectivity index (χ1v) is 6.98. The lowest BCUT2D eigenvalue weighted by molar-refractivity contribution is 0.699. The van der Waals surface area contributed by atoms with Crippen molar-refractivity contribution >= 4 is 17.4 Å². The van der Waals surface area contributed by atoms with Gasteiger partial charge in [-0.3, -0.25) is 0 Å². The molecule has 3 heteroatoms. The van der Waals surface area contributed by atoms with Crippen molar-refractivity contribution in [2.24, 2.45) is 5.73 Å². The molecule has 0 aromatic heterocycles. The number of hydrogen-bond acceptors (Lipinski definition) is 3. The summed E-state index contributed by atoms with van der Waals surface area (Å²) in [6.07, 6.45) is 1.30. The second-order valence-corrected chi connectivity index (χ2v) is 5.59. The zero-order chi connectivity index (χ0) is 11.5. The summed E-state index contributed by atoms with van der Waals surface area (Å²) in [5.74, 6) is 2.56. The summed E-state index contributed by atoms with van der Waals surface area (Å²) in [4.78, 5) is 2.41. The molecule has 88 valence electrons. The molecule has 1 aromatic carbocycles.